The van der Waals surface area contributed by atoms with Crippen LogP contribution in [0.3, 0.4) is 0 Å². The summed E-state index contributed by atoms with van der Waals surface area (Å²) < 4.78 is 0. The SMILES string of the molecule is NC(=O)C[CH]Cc1ccccc1. The Balaban J connectivity index is 2.29. The molecule has 0 aliphatic heterocycles. The van der Waals surface area contributed by atoms with Crippen LogP contribution in [0.2, 0.25) is 0 Å². The van der Waals surface area contributed by atoms with E-state index in [0.717, 1.165) is 6.42 Å². The molecule has 12 heavy (non-hydrogen) atoms. The van der Waals surface area contributed by atoms with Crippen LogP contribution in [-0.4, -0.2) is 5.91 Å². The van der Waals surface area contributed by atoms with Crippen LogP contribution in [0.25, 0.3) is 0 Å². The van der Waals surface area contributed by atoms with Crippen molar-refractivity contribution in [2.24, 2.45) is 5.73 Å². The lowest BCUT2D eigenvalue weighted by molar-refractivity contribution is -0.117. The number of carbonyl (C=O) groups is 1. The fourth-order valence-electron chi connectivity index (χ4n) is 0.995. The maximum absolute atomic E-state index is 10.4. The molecule has 2 nitrogen and oxygen atoms in total. The summed E-state index contributed by atoms with van der Waals surface area (Å²) in [6.07, 6.45) is 3.05. The summed E-state index contributed by atoms with van der Waals surface area (Å²) in [6.45, 7) is 0. The molecule has 63 valence electrons. The molecule has 0 saturated heterocycles. The van der Waals surface area contributed by atoms with Crippen molar-refractivity contribution in [3.8, 4) is 0 Å². The quantitative estimate of drug-likeness (QED) is 0.712. The van der Waals surface area contributed by atoms with Gasteiger partial charge < -0.3 is 5.73 Å². The highest BCUT2D eigenvalue weighted by Crippen LogP contribution is 2.02. The highest BCUT2D eigenvalue weighted by atomic mass is 16.1. The van der Waals surface area contributed by atoms with Gasteiger partial charge in [-0.05, 0) is 18.4 Å². The lowest BCUT2D eigenvalue weighted by Crippen LogP contribution is -2.10. The molecule has 2 N–H and O–H groups in total. The molecule has 2 heteroatoms. The van der Waals surface area contributed by atoms with E-state index in [1.54, 1.807) is 0 Å². The Morgan fingerprint density at radius 1 is 1.33 bits per heavy atom. The highest BCUT2D eigenvalue weighted by molar-refractivity contribution is 5.74. The van der Waals surface area contributed by atoms with Crippen LogP contribution < -0.4 is 5.73 Å². The normalized spacial score (nSPS) is 9.67. The standard InChI is InChI=1S/C10H12NO/c11-10(12)8-4-7-9-5-2-1-3-6-9/h1-6H,7-8H2,(H2,11,12). The number of amides is 1. The van der Waals surface area contributed by atoms with Gasteiger partial charge in [0.2, 0.25) is 5.91 Å². The van der Waals surface area contributed by atoms with Crippen LogP contribution in [0.5, 0.6) is 0 Å². The molecular formula is C10H12NO. The minimum Gasteiger partial charge on any atom is -0.370 e. The van der Waals surface area contributed by atoms with E-state index in [0.29, 0.717) is 6.42 Å². The number of rotatable bonds is 4. The second kappa shape index (κ2) is 4.54. The topological polar surface area (TPSA) is 43.1 Å². The van der Waals surface area contributed by atoms with Crippen LogP contribution in [0.1, 0.15) is 12.0 Å². The fourth-order valence-corrected chi connectivity index (χ4v) is 0.995. The number of carbonyl (C=O) groups excluding carboxylic acids is 1. The van der Waals surface area contributed by atoms with Crippen LogP contribution >= 0.6 is 0 Å². The largest absolute Gasteiger partial charge is 0.370 e. The molecule has 1 amide bonds. The summed E-state index contributed by atoms with van der Waals surface area (Å²) >= 11 is 0. The third kappa shape index (κ3) is 3.19. The summed E-state index contributed by atoms with van der Waals surface area (Å²) in [5.74, 6) is -0.272. The van der Waals surface area contributed by atoms with Crippen molar-refractivity contribution < 1.29 is 4.79 Å². The average Bonchev–Trinajstić information content (AvgIpc) is 2.05. The van der Waals surface area contributed by atoms with Crippen molar-refractivity contribution in [2.45, 2.75) is 12.8 Å². The molecular weight excluding hydrogens is 150 g/mol. The van der Waals surface area contributed by atoms with Crippen LogP contribution in [0, 0.1) is 6.42 Å². The van der Waals surface area contributed by atoms with Gasteiger partial charge in [0.1, 0.15) is 0 Å². The highest BCUT2D eigenvalue weighted by Gasteiger charge is 1.95. The van der Waals surface area contributed by atoms with E-state index < -0.39 is 0 Å². The van der Waals surface area contributed by atoms with Crippen molar-refractivity contribution in [3.05, 3.63) is 42.3 Å². The van der Waals surface area contributed by atoms with Crippen LogP contribution in [-0.2, 0) is 11.2 Å². The lowest BCUT2D eigenvalue weighted by Gasteiger charge is -1.97. The number of benzene rings is 1. The summed E-state index contributed by atoms with van der Waals surface area (Å²) in [6, 6.07) is 9.98. The molecule has 0 aliphatic rings. The summed E-state index contributed by atoms with van der Waals surface area (Å²) in [5.41, 5.74) is 6.19. The minimum atomic E-state index is -0.272. The van der Waals surface area contributed by atoms with Crippen molar-refractivity contribution in [3.63, 3.8) is 0 Å². The molecule has 0 saturated carbocycles. The minimum absolute atomic E-state index is 0.272. The van der Waals surface area contributed by atoms with Gasteiger partial charge in [0.25, 0.3) is 0 Å². The molecule has 0 bridgehead atoms. The molecule has 0 spiro atoms. The number of hydrogen-bond donors (Lipinski definition) is 1. The first kappa shape index (κ1) is 8.78. The van der Waals surface area contributed by atoms with Gasteiger partial charge in [-0.15, -0.1) is 0 Å². The third-order valence-corrected chi connectivity index (χ3v) is 1.57. The van der Waals surface area contributed by atoms with Gasteiger partial charge >= 0.3 is 0 Å². The summed E-state index contributed by atoms with van der Waals surface area (Å²) in [5, 5.41) is 0. The van der Waals surface area contributed by atoms with Gasteiger partial charge in [-0.25, -0.2) is 0 Å². The molecule has 1 rings (SSSR count). The zero-order chi connectivity index (χ0) is 8.81. The monoisotopic (exact) mass is 162 g/mol. The van der Waals surface area contributed by atoms with Gasteiger partial charge in [0.05, 0.1) is 0 Å². The zero-order valence-corrected chi connectivity index (χ0v) is 6.86. The molecule has 1 aromatic rings. The Hall–Kier alpha value is -1.31. The number of hydrogen-bond acceptors (Lipinski definition) is 1. The van der Waals surface area contributed by atoms with E-state index >= 15 is 0 Å². The Bertz CT molecular complexity index is 243. The van der Waals surface area contributed by atoms with E-state index in [9.17, 15) is 4.79 Å². The molecule has 1 aromatic carbocycles. The second-order valence-electron chi connectivity index (χ2n) is 2.65. The Morgan fingerprint density at radius 2 is 2.00 bits per heavy atom. The van der Waals surface area contributed by atoms with E-state index in [1.807, 2.05) is 36.8 Å². The maximum atomic E-state index is 10.4. The molecule has 0 atom stereocenters. The first-order chi connectivity index (χ1) is 5.79. The maximum Gasteiger partial charge on any atom is 0.217 e. The Morgan fingerprint density at radius 3 is 2.58 bits per heavy atom. The Kier molecular flexibility index (Phi) is 3.33. The fraction of sp³-hybridized carbons (Fsp3) is 0.200. The van der Waals surface area contributed by atoms with Gasteiger partial charge in [-0.3, -0.25) is 4.79 Å². The van der Waals surface area contributed by atoms with Gasteiger partial charge in [-0.2, -0.15) is 0 Å². The van der Waals surface area contributed by atoms with E-state index in [-0.39, 0.29) is 5.91 Å². The number of primary amides is 1. The smallest absolute Gasteiger partial charge is 0.217 e. The Labute approximate surface area is 72.4 Å². The van der Waals surface area contributed by atoms with Crippen LogP contribution in [0.15, 0.2) is 30.3 Å². The van der Waals surface area contributed by atoms with Gasteiger partial charge in [-0.1, -0.05) is 30.3 Å². The summed E-state index contributed by atoms with van der Waals surface area (Å²) in [7, 11) is 0. The van der Waals surface area contributed by atoms with Crippen molar-refractivity contribution in [2.75, 3.05) is 0 Å². The van der Waals surface area contributed by atoms with Gasteiger partial charge in [0, 0.05) is 6.42 Å². The van der Waals surface area contributed by atoms with Crippen molar-refractivity contribution >= 4 is 5.91 Å². The summed E-state index contributed by atoms with van der Waals surface area (Å²) in [4.78, 5) is 10.4. The predicted molar refractivity (Wildman–Crippen MR) is 48.3 cm³/mol. The molecule has 0 unspecified atom stereocenters. The molecule has 0 heterocycles. The lowest BCUT2D eigenvalue weighted by atomic mass is 10.1. The van der Waals surface area contributed by atoms with E-state index in [1.165, 1.54) is 5.56 Å². The molecule has 0 aromatic heterocycles. The zero-order valence-electron chi connectivity index (χ0n) is 6.86. The first-order valence-electron chi connectivity index (χ1n) is 3.93. The van der Waals surface area contributed by atoms with Crippen LogP contribution in [0.4, 0.5) is 0 Å². The first-order valence-corrected chi connectivity index (χ1v) is 3.93. The third-order valence-electron chi connectivity index (χ3n) is 1.57. The second-order valence-corrected chi connectivity index (χ2v) is 2.65. The molecule has 0 aliphatic carbocycles. The predicted octanol–water partition coefficient (Wildman–Crippen LogP) is 1.31. The van der Waals surface area contributed by atoms with E-state index in [2.05, 4.69) is 0 Å². The van der Waals surface area contributed by atoms with E-state index in [4.69, 9.17) is 5.73 Å². The molecule has 1 radical (unpaired) electrons. The van der Waals surface area contributed by atoms with Crippen molar-refractivity contribution in [1.82, 2.24) is 0 Å². The average molecular weight is 162 g/mol. The van der Waals surface area contributed by atoms with Crippen molar-refractivity contribution in [1.29, 1.82) is 0 Å². The number of nitrogens with two attached hydrogens (primary N) is 1. The van der Waals surface area contributed by atoms with Gasteiger partial charge in [0.15, 0.2) is 0 Å². The molecule has 0 fully saturated rings.